The van der Waals surface area contributed by atoms with Crippen LogP contribution in [0.2, 0.25) is 0 Å². The van der Waals surface area contributed by atoms with Gasteiger partial charge < -0.3 is 9.67 Å². The van der Waals surface area contributed by atoms with Crippen LogP contribution in [0.5, 0.6) is 0 Å². The fourth-order valence-electron chi connectivity index (χ4n) is 1.97. The summed E-state index contributed by atoms with van der Waals surface area (Å²) in [5.41, 5.74) is 1.29. The fraction of sp³-hybridized carbons (Fsp3) is 0.571. The number of rotatable bonds is 3. The molecule has 0 aliphatic carbocycles. The Hall–Kier alpha value is -1.58. The highest BCUT2D eigenvalue weighted by Gasteiger charge is 2.17. The smallest absolute Gasteiger partial charge is 0.337 e. The first-order valence-electron chi connectivity index (χ1n) is 6.08. The minimum Gasteiger partial charge on any atom is -0.478 e. The van der Waals surface area contributed by atoms with Crippen LogP contribution in [0.15, 0.2) is 10.9 Å². The van der Waals surface area contributed by atoms with E-state index in [2.05, 4.69) is 20.8 Å². The normalized spacial score (nSPS) is 11.6. The van der Waals surface area contributed by atoms with Gasteiger partial charge in [-0.3, -0.25) is 4.79 Å². The molecule has 1 aromatic heterocycles. The van der Waals surface area contributed by atoms with Crippen molar-refractivity contribution < 1.29 is 9.90 Å². The zero-order chi connectivity index (χ0) is 14.1. The van der Waals surface area contributed by atoms with Gasteiger partial charge in [-0.1, -0.05) is 20.8 Å². The van der Waals surface area contributed by atoms with E-state index >= 15 is 0 Å². The fourth-order valence-corrected chi connectivity index (χ4v) is 1.97. The number of aromatic carboxylic acids is 1. The third-order valence-corrected chi connectivity index (χ3v) is 3.07. The summed E-state index contributed by atoms with van der Waals surface area (Å²) < 4.78 is 1.56. The highest BCUT2D eigenvalue weighted by molar-refractivity contribution is 5.90. The Balaban J connectivity index is 3.24. The van der Waals surface area contributed by atoms with E-state index in [9.17, 15) is 14.7 Å². The molecule has 0 saturated heterocycles. The van der Waals surface area contributed by atoms with Crippen LogP contribution in [0, 0.1) is 19.3 Å². The van der Waals surface area contributed by atoms with Gasteiger partial charge in [0, 0.05) is 18.3 Å². The van der Waals surface area contributed by atoms with Crippen LogP contribution in [0.1, 0.15) is 48.8 Å². The lowest BCUT2D eigenvalue weighted by Gasteiger charge is -2.20. The molecule has 18 heavy (non-hydrogen) atoms. The van der Waals surface area contributed by atoms with E-state index in [1.54, 1.807) is 18.4 Å². The van der Waals surface area contributed by atoms with Gasteiger partial charge in [0.05, 0.1) is 5.56 Å². The lowest BCUT2D eigenvalue weighted by atomic mass is 9.92. The lowest BCUT2D eigenvalue weighted by molar-refractivity contribution is 0.0694. The molecule has 1 heterocycles. The molecular formula is C14H21NO3. The second-order valence-electron chi connectivity index (χ2n) is 5.89. The summed E-state index contributed by atoms with van der Waals surface area (Å²) in [6.45, 7) is 10.2. The Morgan fingerprint density at radius 1 is 1.33 bits per heavy atom. The monoisotopic (exact) mass is 251 g/mol. The molecule has 100 valence electrons. The molecule has 4 heteroatoms. The van der Waals surface area contributed by atoms with Gasteiger partial charge in [0.1, 0.15) is 0 Å². The second kappa shape index (κ2) is 4.96. The summed E-state index contributed by atoms with van der Waals surface area (Å²) in [5, 5.41) is 9.17. The van der Waals surface area contributed by atoms with Gasteiger partial charge in [0.15, 0.2) is 0 Å². The maximum atomic E-state index is 11.9. The van der Waals surface area contributed by atoms with Crippen LogP contribution < -0.4 is 5.56 Å². The van der Waals surface area contributed by atoms with Crippen LogP contribution in [-0.2, 0) is 6.54 Å². The number of carbonyl (C=O) groups is 1. The van der Waals surface area contributed by atoms with Crippen molar-refractivity contribution in [1.82, 2.24) is 4.57 Å². The first-order valence-corrected chi connectivity index (χ1v) is 6.08. The van der Waals surface area contributed by atoms with Crippen molar-refractivity contribution in [3.05, 3.63) is 33.2 Å². The Bertz CT molecular complexity index is 521. The summed E-state index contributed by atoms with van der Waals surface area (Å²) >= 11 is 0. The van der Waals surface area contributed by atoms with E-state index in [1.807, 2.05) is 0 Å². The Kier molecular flexibility index (Phi) is 3.99. The molecule has 0 spiro atoms. The molecular weight excluding hydrogens is 230 g/mol. The number of carboxylic acids is 1. The van der Waals surface area contributed by atoms with Crippen LogP contribution in [0.25, 0.3) is 0 Å². The Morgan fingerprint density at radius 2 is 1.89 bits per heavy atom. The summed E-state index contributed by atoms with van der Waals surface area (Å²) in [6.07, 6.45) is 0.829. The largest absolute Gasteiger partial charge is 0.478 e. The number of nitrogens with zero attached hydrogens (tertiary/aromatic N) is 1. The van der Waals surface area contributed by atoms with Gasteiger partial charge >= 0.3 is 5.97 Å². The summed E-state index contributed by atoms with van der Waals surface area (Å²) in [7, 11) is 0. The number of hydrogen-bond acceptors (Lipinski definition) is 2. The van der Waals surface area contributed by atoms with Gasteiger partial charge in [0.25, 0.3) is 5.56 Å². The molecule has 0 aliphatic rings. The van der Waals surface area contributed by atoms with Gasteiger partial charge in [-0.15, -0.1) is 0 Å². The van der Waals surface area contributed by atoms with Crippen molar-refractivity contribution in [2.45, 2.75) is 47.6 Å². The number of aromatic nitrogens is 1. The molecule has 1 aromatic rings. The summed E-state index contributed by atoms with van der Waals surface area (Å²) in [4.78, 5) is 23.1. The molecule has 0 aromatic carbocycles. The SMILES string of the molecule is Cc1cc(=O)n(CCC(C)(C)C)c(C)c1C(=O)O. The molecule has 0 radical (unpaired) electrons. The number of pyridine rings is 1. The zero-order valence-corrected chi connectivity index (χ0v) is 11.7. The van der Waals surface area contributed by atoms with E-state index in [4.69, 9.17) is 0 Å². The molecule has 0 bridgehead atoms. The molecule has 0 saturated carbocycles. The summed E-state index contributed by atoms with van der Waals surface area (Å²) in [5.74, 6) is -0.977. The quantitative estimate of drug-likeness (QED) is 0.898. The molecule has 0 unspecified atom stereocenters. The average Bonchev–Trinajstić information content (AvgIpc) is 2.13. The number of carboxylic acid groups (broad SMARTS) is 1. The molecule has 4 nitrogen and oxygen atoms in total. The van der Waals surface area contributed by atoms with Crippen LogP contribution in [0.3, 0.4) is 0 Å². The maximum Gasteiger partial charge on any atom is 0.337 e. The zero-order valence-electron chi connectivity index (χ0n) is 11.7. The third-order valence-electron chi connectivity index (χ3n) is 3.07. The molecule has 0 fully saturated rings. The van der Waals surface area contributed by atoms with Crippen molar-refractivity contribution >= 4 is 5.97 Å². The van der Waals surface area contributed by atoms with Crippen LogP contribution in [0.4, 0.5) is 0 Å². The predicted molar refractivity (Wildman–Crippen MR) is 71.2 cm³/mol. The van der Waals surface area contributed by atoms with Crippen LogP contribution in [-0.4, -0.2) is 15.6 Å². The van der Waals surface area contributed by atoms with Gasteiger partial charge in [-0.05, 0) is 31.2 Å². The maximum absolute atomic E-state index is 11.9. The average molecular weight is 251 g/mol. The van der Waals surface area contributed by atoms with Crippen molar-refractivity contribution in [2.75, 3.05) is 0 Å². The molecule has 1 rings (SSSR count). The number of hydrogen-bond donors (Lipinski definition) is 1. The first kappa shape index (κ1) is 14.5. The minimum absolute atomic E-state index is 0.111. The van der Waals surface area contributed by atoms with E-state index < -0.39 is 5.97 Å². The molecule has 0 aliphatic heterocycles. The minimum atomic E-state index is -0.977. The van der Waals surface area contributed by atoms with Crippen molar-refractivity contribution in [2.24, 2.45) is 5.41 Å². The van der Waals surface area contributed by atoms with E-state index in [0.717, 1.165) is 6.42 Å². The van der Waals surface area contributed by atoms with Crippen molar-refractivity contribution in [3.8, 4) is 0 Å². The van der Waals surface area contributed by atoms with E-state index in [1.165, 1.54) is 6.07 Å². The predicted octanol–water partition coefficient (Wildman–Crippen LogP) is 2.60. The highest BCUT2D eigenvalue weighted by Crippen LogP contribution is 2.20. The van der Waals surface area contributed by atoms with Crippen LogP contribution >= 0.6 is 0 Å². The van der Waals surface area contributed by atoms with E-state index in [-0.39, 0.29) is 16.5 Å². The Labute approximate surface area is 107 Å². The highest BCUT2D eigenvalue weighted by atomic mass is 16.4. The van der Waals surface area contributed by atoms with Crippen molar-refractivity contribution in [3.63, 3.8) is 0 Å². The molecule has 0 atom stereocenters. The van der Waals surface area contributed by atoms with Gasteiger partial charge in [-0.2, -0.15) is 0 Å². The topological polar surface area (TPSA) is 59.3 Å². The van der Waals surface area contributed by atoms with E-state index in [0.29, 0.717) is 17.8 Å². The standard InChI is InChI=1S/C14H21NO3/c1-9-8-11(16)15(7-6-14(3,4)5)10(2)12(9)13(17)18/h8H,6-7H2,1-5H3,(H,17,18). The van der Waals surface area contributed by atoms with Gasteiger partial charge in [-0.25, -0.2) is 4.79 Å². The molecule has 0 amide bonds. The second-order valence-corrected chi connectivity index (χ2v) is 5.89. The van der Waals surface area contributed by atoms with Crippen molar-refractivity contribution in [1.29, 1.82) is 0 Å². The summed E-state index contributed by atoms with van der Waals surface area (Å²) in [6, 6.07) is 1.40. The van der Waals surface area contributed by atoms with Gasteiger partial charge in [0.2, 0.25) is 0 Å². The first-order chi connectivity index (χ1) is 8.13. The number of aryl methyl sites for hydroxylation is 1. The Morgan fingerprint density at radius 3 is 2.33 bits per heavy atom. The lowest BCUT2D eigenvalue weighted by Crippen LogP contribution is -2.27. The third kappa shape index (κ3) is 3.22. The molecule has 1 N–H and O–H groups in total.